The summed E-state index contributed by atoms with van der Waals surface area (Å²) in [5, 5.41) is 9.86. The second kappa shape index (κ2) is 14.2. The Morgan fingerprint density at radius 3 is 1.58 bits per heavy atom. The molecule has 2 nitrogen and oxygen atoms in total. The maximum absolute atomic E-state index is 10.4. The minimum atomic E-state index is -1.04. The lowest BCUT2D eigenvalue weighted by Gasteiger charge is -2.10. The van der Waals surface area contributed by atoms with E-state index in [1.807, 2.05) is 0 Å². The summed E-state index contributed by atoms with van der Waals surface area (Å²) >= 11 is 3.97. The Kier molecular flexibility index (Phi) is 14.1. The van der Waals surface area contributed by atoms with Gasteiger partial charge in [-0.2, -0.15) is 12.6 Å². The molecule has 0 aliphatic heterocycles. The Bertz CT molecular complexity index is 207. The molecule has 0 saturated heterocycles. The van der Waals surface area contributed by atoms with Crippen LogP contribution in [0.3, 0.4) is 0 Å². The van der Waals surface area contributed by atoms with E-state index in [9.17, 15) is 9.90 Å². The molecule has 0 heterocycles. The predicted molar refractivity (Wildman–Crippen MR) is 83.5 cm³/mol. The van der Waals surface area contributed by atoms with Gasteiger partial charge < -0.3 is 9.90 Å². The van der Waals surface area contributed by atoms with Gasteiger partial charge in [-0.25, -0.2) is 0 Å². The fourth-order valence-electron chi connectivity index (χ4n) is 2.30. The highest BCUT2D eigenvalue weighted by Gasteiger charge is 2.02. The molecule has 0 bridgehead atoms. The van der Waals surface area contributed by atoms with Gasteiger partial charge in [-0.15, -0.1) is 0 Å². The maximum Gasteiger partial charge on any atom is 0.0541 e. The van der Waals surface area contributed by atoms with Crippen LogP contribution in [-0.2, 0) is 4.79 Å². The molecule has 0 N–H and O–H groups in total. The van der Waals surface area contributed by atoms with Gasteiger partial charge in [0.15, 0.2) is 0 Å². The highest BCUT2D eigenvalue weighted by Crippen LogP contribution is 2.13. The molecule has 0 saturated carbocycles. The molecule has 0 aromatic rings. The molecule has 19 heavy (non-hydrogen) atoms. The maximum atomic E-state index is 10.4. The van der Waals surface area contributed by atoms with Crippen LogP contribution in [0.5, 0.6) is 0 Å². The molecule has 0 spiro atoms. The van der Waals surface area contributed by atoms with E-state index in [1.54, 1.807) is 0 Å². The fraction of sp³-hybridized carbons (Fsp3) is 0.938. The number of aliphatic carboxylic acids is 1. The molecule has 1 unspecified atom stereocenters. The minimum absolute atomic E-state index is 0.580. The molecule has 0 fully saturated rings. The molecule has 0 amide bonds. The first-order valence-electron chi connectivity index (χ1n) is 8.07. The second-order valence-corrected chi connectivity index (χ2v) is 6.14. The number of carbonyl (C=O) groups excluding carboxylic acids is 1. The van der Waals surface area contributed by atoms with Crippen molar-refractivity contribution < 1.29 is 9.90 Å². The Morgan fingerprint density at radius 1 is 0.842 bits per heavy atom. The summed E-state index contributed by atoms with van der Waals surface area (Å²) in [6.45, 7) is 2.25. The van der Waals surface area contributed by atoms with E-state index >= 15 is 0 Å². The largest absolute Gasteiger partial charge is 0.549 e. The number of carboxylic acids is 1. The van der Waals surface area contributed by atoms with Crippen molar-refractivity contribution in [2.75, 3.05) is 0 Å². The number of carboxylic acid groups (broad SMARTS) is 1. The average molecular weight is 287 g/mol. The van der Waals surface area contributed by atoms with Gasteiger partial charge in [-0.3, -0.25) is 0 Å². The van der Waals surface area contributed by atoms with Gasteiger partial charge in [0.05, 0.1) is 5.97 Å². The van der Waals surface area contributed by atoms with E-state index < -0.39 is 11.2 Å². The molecular weight excluding hydrogens is 256 g/mol. The van der Waals surface area contributed by atoms with Crippen molar-refractivity contribution in [3.8, 4) is 0 Å². The predicted octanol–water partition coefficient (Wildman–Crippen LogP) is 4.13. The Hall–Kier alpha value is -0.180. The van der Waals surface area contributed by atoms with Gasteiger partial charge in [0.2, 0.25) is 0 Å². The molecule has 114 valence electrons. The summed E-state index contributed by atoms with van der Waals surface area (Å²) in [5.41, 5.74) is 0. The highest BCUT2D eigenvalue weighted by molar-refractivity contribution is 7.81. The number of hydrogen-bond donors (Lipinski definition) is 1. The van der Waals surface area contributed by atoms with E-state index in [-0.39, 0.29) is 0 Å². The van der Waals surface area contributed by atoms with E-state index in [0.29, 0.717) is 6.42 Å². The van der Waals surface area contributed by atoms with Crippen LogP contribution in [-0.4, -0.2) is 11.2 Å². The van der Waals surface area contributed by atoms with E-state index in [2.05, 4.69) is 19.6 Å². The zero-order valence-electron chi connectivity index (χ0n) is 12.5. The van der Waals surface area contributed by atoms with Crippen LogP contribution in [0.15, 0.2) is 0 Å². The molecule has 0 aromatic heterocycles. The number of carbonyl (C=O) groups is 1. The van der Waals surface area contributed by atoms with Crippen molar-refractivity contribution in [1.82, 2.24) is 0 Å². The lowest BCUT2D eigenvalue weighted by Crippen LogP contribution is -2.31. The van der Waals surface area contributed by atoms with Gasteiger partial charge >= 0.3 is 0 Å². The summed E-state index contributed by atoms with van der Waals surface area (Å²) < 4.78 is 0. The third-order valence-corrected chi connectivity index (χ3v) is 4.07. The van der Waals surface area contributed by atoms with Crippen molar-refractivity contribution in [2.24, 2.45) is 0 Å². The zero-order valence-corrected chi connectivity index (χ0v) is 13.4. The number of hydrogen-bond acceptors (Lipinski definition) is 3. The third kappa shape index (κ3) is 14.0. The molecule has 1 atom stereocenters. The summed E-state index contributed by atoms with van der Waals surface area (Å²) in [6, 6.07) is 0. The molecule has 0 aliphatic carbocycles. The Morgan fingerprint density at radius 2 is 1.21 bits per heavy atom. The smallest absolute Gasteiger partial charge is 0.0541 e. The standard InChI is InChI=1S/C16H32O2S/c1-2-3-4-5-6-7-8-9-10-11-12-13-14-15(19)16(17)18/h15,19H,2-14H2,1H3,(H,17,18)/p-1. The summed E-state index contributed by atoms with van der Waals surface area (Å²) in [6.07, 6.45) is 16.2. The summed E-state index contributed by atoms with van der Waals surface area (Å²) in [4.78, 5) is 10.4. The van der Waals surface area contributed by atoms with Gasteiger partial charge in [0, 0.05) is 5.25 Å². The first kappa shape index (κ1) is 18.8. The topological polar surface area (TPSA) is 40.1 Å². The van der Waals surface area contributed by atoms with Crippen LogP contribution in [0.25, 0.3) is 0 Å². The van der Waals surface area contributed by atoms with Crippen LogP contribution < -0.4 is 5.11 Å². The van der Waals surface area contributed by atoms with Gasteiger partial charge in [-0.1, -0.05) is 84.0 Å². The van der Waals surface area contributed by atoms with Crippen molar-refractivity contribution in [3.05, 3.63) is 0 Å². The fourth-order valence-corrected chi connectivity index (χ4v) is 2.48. The molecular formula is C16H31O2S-. The van der Waals surface area contributed by atoms with E-state index in [4.69, 9.17) is 0 Å². The van der Waals surface area contributed by atoms with Gasteiger partial charge in [0.1, 0.15) is 0 Å². The summed E-state index contributed by atoms with van der Waals surface area (Å²) in [7, 11) is 0. The average Bonchev–Trinajstić information content (AvgIpc) is 2.39. The van der Waals surface area contributed by atoms with Crippen molar-refractivity contribution in [2.45, 2.75) is 95.6 Å². The van der Waals surface area contributed by atoms with Crippen LogP contribution in [0.2, 0.25) is 0 Å². The molecule has 0 aromatic carbocycles. The molecule has 0 aliphatic rings. The van der Waals surface area contributed by atoms with Gasteiger partial charge in [-0.05, 0) is 6.42 Å². The molecule has 3 heteroatoms. The van der Waals surface area contributed by atoms with Crippen LogP contribution in [0.4, 0.5) is 0 Å². The quantitative estimate of drug-likeness (QED) is 0.385. The number of thiol groups is 1. The van der Waals surface area contributed by atoms with Gasteiger partial charge in [0.25, 0.3) is 0 Å². The van der Waals surface area contributed by atoms with Crippen molar-refractivity contribution in [3.63, 3.8) is 0 Å². The molecule has 0 radical (unpaired) electrons. The first-order chi connectivity index (χ1) is 9.18. The lowest BCUT2D eigenvalue weighted by atomic mass is 10.0. The SMILES string of the molecule is CCCCCCCCCCCCCCC(S)C(=O)[O-]. The van der Waals surface area contributed by atoms with Crippen molar-refractivity contribution in [1.29, 1.82) is 0 Å². The number of rotatable bonds is 14. The highest BCUT2D eigenvalue weighted by atomic mass is 32.1. The minimum Gasteiger partial charge on any atom is -0.549 e. The Labute approximate surface area is 124 Å². The monoisotopic (exact) mass is 287 g/mol. The Balaban J connectivity index is 3.05. The second-order valence-electron chi connectivity index (χ2n) is 5.51. The van der Waals surface area contributed by atoms with Crippen LogP contribution >= 0.6 is 12.6 Å². The van der Waals surface area contributed by atoms with Crippen LogP contribution in [0, 0.1) is 0 Å². The van der Waals surface area contributed by atoms with E-state index in [0.717, 1.165) is 12.8 Å². The van der Waals surface area contributed by atoms with E-state index in [1.165, 1.54) is 64.2 Å². The zero-order chi connectivity index (χ0) is 14.3. The molecule has 0 rings (SSSR count). The van der Waals surface area contributed by atoms with Crippen molar-refractivity contribution >= 4 is 18.6 Å². The number of unbranched alkanes of at least 4 members (excludes halogenated alkanes) is 11. The normalized spacial score (nSPS) is 12.5. The lowest BCUT2D eigenvalue weighted by molar-refractivity contribution is -0.304. The third-order valence-electron chi connectivity index (χ3n) is 3.60. The summed E-state index contributed by atoms with van der Waals surface area (Å²) in [5.74, 6) is -1.04. The van der Waals surface area contributed by atoms with Crippen LogP contribution in [0.1, 0.15) is 90.4 Å². The first-order valence-corrected chi connectivity index (χ1v) is 8.59.